The second-order valence-corrected chi connectivity index (χ2v) is 1.97. The van der Waals surface area contributed by atoms with Gasteiger partial charge in [0.2, 0.25) is 0 Å². The van der Waals surface area contributed by atoms with E-state index in [0.29, 0.717) is 0 Å². The van der Waals surface area contributed by atoms with Gasteiger partial charge in [0, 0.05) is 11.6 Å². The molecule has 0 aromatic carbocycles. The summed E-state index contributed by atoms with van der Waals surface area (Å²) in [5, 5.41) is 10.3. The fourth-order valence-electron chi connectivity index (χ4n) is 0.448. The third-order valence-corrected chi connectivity index (χ3v) is 1.09. The predicted octanol–water partition coefficient (Wildman–Crippen LogP) is -0.528. The first kappa shape index (κ1) is 9.70. The molecule has 62 valence electrons. The molecule has 0 aliphatic rings. The number of nitrogens with zero attached hydrogens (tertiary/aromatic N) is 1. The third-order valence-electron chi connectivity index (χ3n) is 1.09. The van der Waals surface area contributed by atoms with E-state index in [0.717, 1.165) is 0 Å². The molecule has 0 aliphatic heterocycles. The zero-order chi connectivity index (χ0) is 8.85. The zero-order valence-electron chi connectivity index (χ0n) is 5.69. The SMILES string of the molecule is NC(CCC(=O)N=O)C(=O)O. The van der Waals surface area contributed by atoms with Crippen LogP contribution in [0, 0.1) is 4.91 Å². The molecule has 6 nitrogen and oxygen atoms in total. The highest BCUT2D eigenvalue weighted by Crippen LogP contribution is 1.95. The van der Waals surface area contributed by atoms with Gasteiger partial charge in [-0.2, -0.15) is 0 Å². The number of aliphatic carboxylic acids is 1. The van der Waals surface area contributed by atoms with Gasteiger partial charge in [-0.05, 0) is 6.42 Å². The highest BCUT2D eigenvalue weighted by molar-refractivity contribution is 5.78. The highest BCUT2D eigenvalue weighted by atomic mass is 16.4. The molecular formula is C5H8N2O4. The molecule has 0 bridgehead atoms. The monoisotopic (exact) mass is 160 g/mol. The second kappa shape index (κ2) is 4.51. The molecule has 0 aromatic heterocycles. The maximum Gasteiger partial charge on any atom is 0.320 e. The Morgan fingerprint density at radius 1 is 1.55 bits per heavy atom. The molecule has 1 amide bonds. The summed E-state index contributed by atoms with van der Waals surface area (Å²) in [6, 6.07) is -1.10. The van der Waals surface area contributed by atoms with Crippen molar-refractivity contribution in [2.75, 3.05) is 0 Å². The van der Waals surface area contributed by atoms with Crippen molar-refractivity contribution >= 4 is 11.9 Å². The first-order valence-corrected chi connectivity index (χ1v) is 2.92. The van der Waals surface area contributed by atoms with Crippen molar-refractivity contribution in [3.63, 3.8) is 0 Å². The average Bonchev–Trinajstić information content (AvgIpc) is 1.99. The van der Waals surface area contributed by atoms with E-state index in [4.69, 9.17) is 10.8 Å². The Kier molecular flexibility index (Phi) is 3.97. The van der Waals surface area contributed by atoms with Gasteiger partial charge in [0.05, 0.1) is 0 Å². The minimum Gasteiger partial charge on any atom is -0.480 e. The summed E-state index contributed by atoms with van der Waals surface area (Å²) in [6.45, 7) is 0. The van der Waals surface area contributed by atoms with Crippen molar-refractivity contribution in [2.24, 2.45) is 10.9 Å². The Morgan fingerprint density at radius 3 is 2.45 bits per heavy atom. The number of carbonyl (C=O) groups is 2. The van der Waals surface area contributed by atoms with Gasteiger partial charge in [-0.3, -0.25) is 9.59 Å². The van der Waals surface area contributed by atoms with E-state index in [-0.39, 0.29) is 12.8 Å². The van der Waals surface area contributed by atoms with Gasteiger partial charge in [-0.25, -0.2) is 0 Å². The van der Waals surface area contributed by atoms with Crippen LogP contribution in [0.1, 0.15) is 12.8 Å². The Bertz CT molecular complexity index is 179. The van der Waals surface area contributed by atoms with Crippen molar-refractivity contribution in [3.05, 3.63) is 4.91 Å². The second-order valence-electron chi connectivity index (χ2n) is 1.97. The maximum absolute atomic E-state index is 10.2. The topological polar surface area (TPSA) is 110 Å². The van der Waals surface area contributed by atoms with Crippen LogP contribution in [0.4, 0.5) is 0 Å². The van der Waals surface area contributed by atoms with Crippen LogP contribution in [0.15, 0.2) is 5.18 Å². The molecule has 0 fully saturated rings. The van der Waals surface area contributed by atoms with E-state index < -0.39 is 17.9 Å². The summed E-state index contributed by atoms with van der Waals surface area (Å²) in [7, 11) is 0. The van der Waals surface area contributed by atoms with Crippen molar-refractivity contribution < 1.29 is 14.7 Å². The summed E-state index contributed by atoms with van der Waals surface area (Å²) < 4.78 is 0. The molecule has 0 aromatic rings. The Hall–Kier alpha value is -1.30. The number of carbonyl (C=O) groups excluding carboxylic acids is 1. The molecule has 0 radical (unpaired) electrons. The van der Waals surface area contributed by atoms with Crippen molar-refractivity contribution in [3.8, 4) is 0 Å². The van der Waals surface area contributed by atoms with Gasteiger partial charge in [0.15, 0.2) is 0 Å². The van der Waals surface area contributed by atoms with Crippen molar-refractivity contribution in [1.29, 1.82) is 0 Å². The number of nitroso groups, excluding NO2 is 1. The van der Waals surface area contributed by atoms with Gasteiger partial charge in [-0.15, -0.1) is 4.91 Å². The van der Waals surface area contributed by atoms with E-state index in [9.17, 15) is 14.5 Å². The number of amides is 1. The number of nitrogens with two attached hydrogens (primary N) is 1. The molecule has 0 saturated heterocycles. The normalized spacial score (nSPS) is 12.1. The molecule has 0 saturated carbocycles. The molecule has 0 heterocycles. The molecule has 11 heavy (non-hydrogen) atoms. The smallest absolute Gasteiger partial charge is 0.320 e. The number of hydrogen-bond acceptors (Lipinski definition) is 4. The summed E-state index contributed by atoms with van der Waals surface area (Å²) in [4.78, 5) is 29.8. The molecule has 6 heteroatoms. The number of carboxylic acid groups (broad SMARTS) is 1. The Labute approximate surface area is 62.4 Å². The standard InChI is InChI=1S/C5H8N2O4/c6-3(5(9)10)1-2-4(8)7-11/h3H,1-2,6H2,(H,9,10). The number of hydrogen-bond donors (Lipinski definition) is 2. The highest BCUT2D eigenvalue weighted by Gasteiger charge is 2.13. The summed E-state index contributed by atoms with van der Waals surface area (Å²) in [6.07, 6.45) is -0.267. The van der Waals surface area contributed by atoms with Gasteiger partial charge >= 0.3 is 5.97 Å². The molecular weight excluding hydrogens is 152 g/mol. The van der Waals surface area contributed by atoms with E-state index in [1.165, 1.54) is 0 Å². The average molecular weight is 160 g/mol. The lowest BCUT2D eigenvalue weighted by Gasteiger charge is -2.01. The van der Waals surface area contributed by atoms with Crippen molar-refractivity contribution in [2.45, 2.75) is 18.9 Å². The molecule has 0 aliphatic carbocycles. The van der Waals surface area contributed by atoms with Crippen LogP contribution in [-0.2, 0) is 9.59 Å². The molecule has 1 unspecified atom stereocenters. The Balaban J connectivity index is 3.62. The van der Waals surface area contributed by atoms with Gasteiger partial charge < -0.3 is 10.8 Å². The first-order valence-electron chi connectivity index (χ1n) is 2.92. The van der Waals surface area contributed by atoms with Crippen LogP contribution >= 0.6 is 0 Å². The van der Waals surface area contributed by atoms with Crippen LogP contribution < -0.4 is 5.73 Å². The zero-order valence-corrected chi connectivity index (χ0v) is 5.69. The predicted molar refractivity (Wildman–Crippen MR) is 35.6 cm³/mol. The van der Waals surface area contributed by atoms with E-state index >= 15 is 0 Å². The van der Waals surface area contributed by atoms with Crippen LogP contribution in [0.2, 0.25) is 0 Å². The van der Waals surface area contributed by atoms with Gasteiger partial charge in [0.25, 0.3) is 5.91 Å². The summed E-state index contributed by atoms with van der Waals surface area (Å²) in [5.74, 6) is -2.06. The fraction of sp³-hybridized carbons (Fsp3) is 0.600. The Morgan fingerprint density at radius 2 is 2.09 bits per heavy atom. The fourth-order valence-corrected chi connectivity index (χ4v) is 0.448. The van der Waals surface area contributed by atoms with E-state index in [1.54, 1.807) is 0 Å². The number of rotatable bonds is 4. The largest absolute Gasteiger partial charge is 0.480 e. The number of carboxylic acids is 1. The molecule has 1 atom stereocenters. The summed E-state index contributed by atoms with van der Waals surface area (Å²) in [5.41, 5.74) is 5.02. The van der Waals surface area contributed by atoms with Crippen LogP contribution in [0.25, 0.3) is 0 Å². The summed E-state index contributed by atoms with van der Waals surface area (Å²) >= 11 is 0. The quantitative estimate of drug-likeness (QED) is 0.537. The lowest BCUT2D eigenvalue weighted by Crippen LogP contribution is -2.30. The third kappa shape index (κ3) is 4.15. The molecule has 3 N–H and O–H groups in total. The van der Waals surface area contributed by atoms with Crippen molar-refractivity contribution in [1.82, 2.24) is 0 Å². The van der Waals surface area contributed by atoms with E-state index in [1.807, 2.05) is 0 Å². The molecule has 0 spiro atoms. The van der Waals surface area contributed by atoms with Crippen LogP contribution in [0.3, 0.4) is 0 Å². The lowest BCUT2D eigenvalue weighted by atomic mass is 10.2. The molecule has 0 rings (SSSR count). The van der Waals surface area contributed by atoms with Gasteiger partial charge in [-0.1, -0.05) is 0 Å². The minimum absolute atomic E-state index is 0.0556. The van der Waals surface area contributed by atoms with Crippen LogP contribution in [0.5, 0.6) is 0 Å². The van der Waals surface area contributed by atoms with Gasteiger partial charge in [0.1, 0.15) is 6.04 Å². The van der Waals surface area contributed by atoms with E-state index in [2.05, 4.69) is 5.18 Å². The maximum atomic E-state index is 10.2. The van der Waals surface area contributed by atoms with Crippen LogP contribution in [-0.4, -0.2) is 23.0 Å². The lowest BCUT2D eigenvalue weighted by molar-refractivity contribution is -0.138. The minimum atomic E-state index is -1.19. The first-order chi connectivity index (χ1) is 5.07.